The molecule has 0 spiro atoms. The largest absolute Gasteiger partial charge is 0.228 e. The van der Waals surface area contributed by atoms with E-state index in [1.807, 2.05) is 30.3 Å². The second-order valence-electron chi connectivity index (χ2n) is 4.37. The third-order valence-electron chi connectivity index (χ3n) is 2.91. The minimum absolute atomic E-state index is 0.717. The summed E-state index contributed by atoms with van der Waals surface area (Å²) in [5.74, 6) is 0.734. The zero-order valence-electron chi connectivity index (χ0n) is 10.2. The van der Waals surface area contributed by atoms with Gasteiger partial charge < -0.3 is 0 Å². The highest BCUT2D eigenvalue weighted by atomic mass is 127. The van der Waals surface area contributed by atoms with Crippen molar-refractivity contribution in [1.82, 2.24) is 9.97 Å². The summed E-state index contributed by atoms with van der Waals surface area (Å²) in [7, 11) is 0. The first-order valence-electron chi connectivity index (χ1n) is 5.83. The Bertz CT molecular complexity index is 754. The van der Waals surface area contributed by atoms with Crippen LogP contribution in [0.15, 0.2) is 42.5 Å². The molecule has 19 heavy (non-hydrogen) atoms. The summed E-state index contributed by atoms with van der Waals surface area (Å²) in [4.78, 5) is 9.19. The first-order valence-corrected chi connectivity index (χ1v) is 7.29. The van der Waals surface area contributed by atoms with E-state index in [1.54, 1.807) is 0 Å². The van der Waals surface area contributed by atoms with E-state index in [2.05, 4.69) is 51.6 Å². The van der Waals surface area contributed by atoms with Crippen LogP contribution in [-0.2, 0) is 0 Å². The molecule has 1 aromatic heterocycles. The van der Waals surface area contributed by atoms with Crippen LogP contribution in [0.25, 0.3) is 22.3 Å². The van der Waals surface area contributed by atoms with Gasteiger partial charge in [0, 0.05) is 16.0 Å². The summed E-state index contributed by atoms with van der Waals surface area (Å²) in [6.45, 7) is 2.07. The Morgan fingerprint density at radius 3 is 2.47 bits per heavy atom. The van der Waals surface area contributed by atoms with Crippen molar-refractivity contribution in [2.75, 3.05) is 0 Å². The van der Waals surface area contributed by atoms with Crippen molar-refractivity contribution < 1.29 is 0 Å². The van der Waals surface area contributed by atoms with E-state index >= 15 is 0 Å². The molecule has 2 aromatic carbocycles. The van der Waals surface area contributed by atoms with E-state index in [1.165, 1.54) is 5.56 Å². The molecule has 0 N–H and O–H groups in total. The van der Waals surface area contributed by atoms with Gasteiger partial charge in [0.2, 0.25) is 0 Å². The summed E-state index contributed by atoms with van der Waals surface area (Å²) in [6.07, 6.45) is 0. The van der Waals surface area contributed by atoms with Gasteiger partial charge in [0.05, 0.1) is 5.52 Å². The zero-order chi connectivity index (χ0) is 13.4. The second kappa shape index (κ2) is 5.06. The summed E-state index contributed by atoms with van der Waals surface area (Å²) in [5.41, 5.74) is 3.16. The lowest BCUT2D eigenvalue weighted by atomic mass is 10.1. The molecule has 1 heterocycles. The molecule has 0 fully saturated rings. The van der Waals surface area contributed by atoms with Crippen LogP contribution in [0.1, 0.15) is 5.56 Å². The first kappa shape index (κ1) is 12.8. The molecule has 2 nitrogen and oxygen atoms in total. The van der Waals surface area contributed by atoms with Gasteiger partial charge in [-0.25, -0.2) is 9.97 Å². The molecule has 3 aromatic rings. The zero-order valence-corrected chi connectivity index (χ0v) is 13.1. The van der Waals surface area contributed by atoms with Gasteiger partial charge in [-0.15, -0.1) is 0 Å². The number of hydrogen-bond donors (Lipinski definition) is 0. The average molecular weight is 381 g/mol. The number of aromatic nitrogens is 2. The second-order valence-corrected chi connectivity index (χ2v) is 5.82. The molecule has 0 saturated carbocycles. The Kier molecular flexibility index (Phi) is 3.41. The molecule has 4 heteroatoms. The highest BCUT2D eigenvalue weighted by Gasteiger charge is 2.07. The fraction of sp³-hybridized carbons (Fsp3) is 0.0667. The molecule has 0 amide bonds. The molecule has 0 aliphatic rings. The van der Waals surface area contributed by atoms with Gasteiger partial charge in [0.25, 0.3) is 0 Å². The summed E-state index contributed by atoms with van der Waals surface area (Å²) < 4.78 is 0.969. The summed E-state index contributed by atoms with van der Waals surface area (Å²) in [6, 6.07) is 13.8. The molecular weight excluding hydrogens is 371 g/mol. The van der Waals surface area contributed by atoms with E-state index in [9.17, 15) is 0 Å². The number of halogens is 2. The van der Waals surface area contributed by atoms with E-state index < -0.39 is 0 Å². The highest BCUT2D eigenvalue weighted by Crippen LogP contribution is 2.24. The minimum atomic E-state index is 0.717. The van der Waals surface area contributed by atoms with Crippen LogP contribution in [0.3, 0.4) is 0 Å². The van der Waals surface area contributed by atoms with E-state index in [4.69, 9.17) is 11.6 Å². The average Bonchev–Trinajstić information content (AvgIpc) is 2.40. The number of benzene rings is 2. The summed E-state index contributed by atoms with van der Waals surface area (Å²) in [5, 5.41) is 1.81. The van der Waals surface area contributed by atoms with Gasteiger partial charge in [-0.2, -0.15) is 0 Å². The molecule has 0 aliphatic carbocycles. The third kappa shape index (κ3) is 2.58. The van der Waals surface area contributed by atoms with Crippen LogP contribution in [0.4, 0.5) is 0 Å². The number of fused-ring (bicyclic) bond motifs is 1. The van der Waals surface area contributed by atoms with Gasteiger partial charge in [-0.3, -0.25) is 0 Å². The lowest BCUT2D eigenvalue weighted by Crippen LogP contribution is -1.94. The number of rotatable bonds is 1. The maximum absolute atomic E-state index is 5.90. The molecule has 0 bridgehead atoms. The quantitative estimate of drug-likeness (QED) is 0.445. The minimum Gasteiger partial charge on any atom is -0.228 e. The van der Waals surface area contributed by atoms with Crippen molar-refractivity contribution in [3.8, 4) is 11.4 Å². The Morgan fingerprint density at radius 1 is 1.00 bits per heavy atom. The molecule has 3 rings (SSSR count). The fourth-order valence-electron chi connectivity index (χ4n) is 1.93. The fourth-order valence-corrected chi connectivity index (χ4v) is 2.72. The van der Waals surface area contributed by atoms with E-state index in [-0.39, 0.29) is 0 Å². The highest BCUT2D eigenvalue weighted by molar-refractivity contribution is 14.1. The van der Waals surface area contributed by atoms with Crippen LogP contribution in [0, 0.1) is 10.6 Å². The third-order valence-corrected chi connectivity index (χ3v) is 3.98. The topological polar surface area (TPSA) is 25.8 Å². The normalized spacial score (nSPS) is 10.9. The van der Waals surface area contributed by atoms with Gasteiger partial charge in [-0.05, 0) is 65.9 Å². The lowest BCUT2D eigenvalue weighted by Gasteiger charge is -2.05. The van der Waals surface area contributed by atoms with Crippen molar-refractivity contribution in [1.29, 1.82) is 0 Å². The van der Waals surface area contributed by atoms with Crippen LogP contribution in [-0.4, -0.2) is 9.97 Å². The van der Waals surface area contributed by atoms with Crippen molar-refractivity contribution in [2.45, 2.75) is 6.92 Å². The Hall–Kier alpha value is -1.20. The summed E-state index contributed by atoms with van der Waals surface area (Å²) >= 11 is 8.16. The first-order chi connectivity index (χ1) is 9.13. The smallest absolute Gasteiger partial charge is 0.160 e. The number of nitrogens with zero attached hydrogens (tertiary/aromatic N) is 2. The van der Waals surface area contributed by atoms with Crippen LogP contribution >= 0.6 is 34.2 Å². The molecular formula is C15H10ClIN2. The van der Waals surface area contributed by atoms with E-state index in [0.29, 0.717) is 0 Å². The molecule has 0 atom stereocenters. The lowest BCUT2D eigenvalue weighted by molar-refractivity contribution is 1.19. The van der Waals surface area contributed by atoms with Crippen LogP contribution in [0.2, 0.25) is 5.02 Å². The van der Waals surface area contributed by atoms with Gasteiger partial charge in [0.1, 0.15) is 3.70 Å². The predicted molar refractivity (Wildman–Crippen MR) is 87.4 cm³/mol. The molecule has 0 unspecified atom stereocenters. The Labute approximate surface area is 130 Å². The van der Waals surface area contributed by atoms with Gasteiger partial charge in [-0.1, -0.05) is 23.2 Å². The van der Waals surface area contributed by atoms with Crippen molar-refractivity contribution in [3.63, 3.8) is 0 Å². The van der Waals surface area contributed by atoms with Crippen molar-refractivity contribution in [2.24, 2.45) is 0 Å². The number of aryl methyl sites for hydroxylation is 1. The maximum atomic E-state index is 5.90. The Balaban J connectivity index is 2.20. The molecule has 94 valence electrons. The molecule has 0 radical (unpaired) electrons. The standard InChI is InChI=1S/C15H10ClIN2/c1-9-2-7-13-12(8-9)14(17)19-15(18-13)10-3-5-11(16)6-4-10/h2-8H,1H3. The Morgan fingerprint density at radius 2 is 1.74 bits per heavy atom. The van der Waals surface area contributed by atoms with Crippen molar-refractivity contribution in [3.05, 3.63) is 56.8 Å². The monoisotopic (exact) mass is 380 g/mol. The number of hydrogen-bond acceptors (Lipinski definition) is 2. The van der Waals surface area contributed by atoms with Gasteiger partial charge in [0.15, 0.2) is 5.82 Å². The maximum Gasteiger partial charge on any atom is 0.160 e. The van der Waals surface area contributed by atoms with Crippen LogP contribution in [0.5, 0.6) is 0 Å². The van der Waals surface area contributed by atoms with Gasteiger partial charge >= 0.3 is 0 Å². The van der Waals surface area contributed by atoms with E-state index in [0.717, 1.165) is 31.0 Å². The predicted octanol–water partition coefficient (Wildman–Crippen LogP) is 4.86. The van der Waals surface area contributed by atoms with Crippen molar-refractivity contribution >= 4 is 45.1 Å². The molecule has 0 saturated heterocycles. The molecule has 0 aliphatic heterocycles. The SMILES string of the molecule is Cc1ccc2nc(-c3ccc(Cl)cc3)nc(I)c2c1. The van der Waals surface area contributed by atoms with Crippen LogP contribution < -0.4 is 0 Å².